The Bertz CT molecular complexity index is 1420. The number of rotatable bonds is 11. The highest BCUT2D eigenvalue weighted by Crippen LogP contribution is 2.23. The van der Waals surface area contributed by atoms with Crippen molar-refractivity contribution in [2.75, 3.05) is 20.1 Å². The van der Waals surface area contributed by atoms with E-state index in [9.17, 15) is 35.9 Å². The first-order valence-corrected chi connectivity index (χ1v) is 15.8. The van der Waals surface area contributed by atoms with Gasteiger partial charge in [-0.25, -0.2) is 9.97 Å². The maximum Gasteiger partial charge on any atom is 0.430 e. The minimum atomic E-state index is -5.19. The third-order valence-corrected chi connectivity index (χ3v) is 8.17. The predicted molar refractivity (Wildman–Crippen MR) is 157 cm³/mol. The monoisotopic (exact) mass is 706 g/mol. The van der Waals surface area contributed by atoms with Crippen LogP contribution in [0.1, 0.15) is 66.5 Å². The number of amides is 1. The molecule has 48 heavy (non-hydrogen) atoms. The number of carboxylic acids is 2. The number of aromatic nitrogens is 2. The molecule has 0 unspecified atom stereocenters. The number of benzene rings is 1. The SMILES string of the molecule is C[NH+]1CCC(C(=O)N[C@@H](CCCCCC(=O)c2cccs2)c2[nH]c(-c3ccccc3)c[nH+]2)CC1.O=C([O-])C(F)(F)F.O=C([O-])C(F)(F)F. The Labute approximate surface area is 276 Å². The number of hydrogen-bond donors (Lipinski definition) is 3. The van der Waals surface area contributed by atoms with Gasteiger partial charge >= 0.3 is 12.4 Å². The summed E-state index contributed by atoms with van der Waals surface area (Å²) in [5.74, 6) is -4.59. The molecule has 1 aliphatic rings. The summed E-state index contributed by atoms with van der Waals surface area (Å²) in [6.07, 6.45) is -2.31. The summed E-state index contributed by atoms with van der Waals surface area (Å²) in [7, 11) is 2.19. The summed E-state index contributed by atoms with van der Waals surface area (Å²) in [6, 6.07) is 13.9. The highest BCUT2D eigenvalue weighted by Gasteiger charge is 2.31. The van der Waals surface area contributed by atoms with Crippen LogP contribution in [0, 0.1) is 5.92 Å². The molecule has 0 spiro atoms. The number of aromatic amines is 2. The fraction of sp³-hybridized carbons (Fsp3) is 0.452. The molecule has 264 valence electrons. The lowest BCUT2D eigenvalue weighted by Crippen LogP contribution is -3.10. The molecule has 0 saturated carbocycles. The van der Waals surface area contributed by atoms with E-state index < -0.39 is 24.3 Å². The Hall–Kier alpha value is -4.25. The van der Waals surface area contributed by atoms with Gasteiger partial charge in [-0.15, -0.1) is 11.3 Å². The second-order valence-electron chi connectivity index (χ2n) is 11.0. The van der Waals surface area contributed by atoms with Crippen molar-refractivity contribution < 1.29 is 65.6 Å². The van der Waals surface area contributed by atoms with Crippen LogP contribution in [0.2, 0.25) is 0 Å². The van der Waals surface area contributed by atoms with Gasteiger partial charge in [0.2, 0.25) is 5.91 Å². The van der Waals surface area contributed by atoms with Crippen molar-refractivity contribution in [3.8, 4) is 11.3 Å². The quantitative estimate of drug-likeness (QED) is 0.157. The van der Waals surface area contributed by atoms with Gasteiger partial charge in [0, 0.05) is 30.7 Å². The molecule has 1 aromatic carbocycles. The highest BCUT2D eigenvalue weighted by molar-refractivity contribution is 7.12. The third-order valence-electron chi connectivity index (χ3n) is 7.26. The van der Waals surface area contributed by atoms with Gasteiger partial charge in [0.1, 0.15) is 24.2 Å². The number of thiophene rings is 1. The van der Waals surface area contributed by atoms with E-state index in [1.165, 1.54) is 16.2 Å². The number of ketones is 1. The average molecular weight is 707 g/mol. The van der Waals surface area contributed by atoms with Gasteiger partial charge in [-0.3, -0.25) is 9.59 Å². The molecule has 0 aliphatic carbocycles. The number of aliphatic carboxylic acids is 2. The van der Waals surface area contributed by atoms with Crippen molar-refractivity contribution in [3.63, 3.8) is 0 Å². The van der Waals surface area contributed by atoms with Gasteiger partial charge in [-0.1, -0.05) is 49.2 Å². The molecular weight excluding hydrogens is 670 g/mol. The molecule has 2 aromatic heterocycles. The van der Waals surface area contributed by atoms with Crippen LogP contribution < -0.4 is 25.4 Å². The zero-order valence-corrected chi connectivity index (χ0v) is 26.7. The number of alkyl halides is 6. The smallest absolute Gasteiger partial charge is 0.430 e. The van der Waals surface area contributed by atoms with Crippen LogP contribution in [0.25, 0.3) is 11.3 Å². The minimum Gasteiger partial charge on any atom is -0.542 e. The lowest BCUT2D eigenvalue weighted by molar-refractivity contribution is -0.885. The lowest BCUT2D eigenvalue weighted by atomic mass is 9.95. The molecule has 0 radical (unpaired) electrons. The van der Waals surface area contributed by atoms with Crippen LogP contribution in [-0.4, -0.2) is 61.1 Å². The van der Waals surface area contributed by atoms with Gasteiger partial charge in [0.15, 0.2) is 11.5 Å². The zero-order chi connectivity index (χ0) is 35.9. The second-order valence-corrected chi connectivity index (χ2v) is 11.9. The third kappa shape index (κ3) is 14.3. The molecule has 17 heteroatoms. The number of quaternary nitrogens is 1. The number of hydrogen-bond acceptors (Lipinski definition) is 7. The van der Waals surface area contributed by atoms with Crippen LogP contribution in [-0.2, 0) is 14.4 Å². The number of piperidine rings is 1. The number of likely N-dealkylation sites (tertiary alicyclic amines) is 1. The molecule has 1 fully saturated rings. The maximum atomic E-state index is 13.1. The molecule has 1 aliphatic heterocycles. The van der Waals surface area contributed by atoms with Gasteiger partial charge < -0.3 is 30.0 Å². The van der Waals surface area contributed by atoms with Crippen molar-refractivity contribution in [1.29, 1.82) is 0 Å². The van der Waals surface area contributed by atoms with Gasteiger partial charge in [0.05, 0.1) is 25.0 Å². The first kappa shape index (κ1) is 39.9. The molecule has 10 nitrogen and oxygen atoms in total. The summed E-state index contributed by atoms with van der Waals surface area (Å²) in [4.78, 5) is 52.1. The number of carbonyl (C=O) groups excluding carboxylic acids is 4. The summed E-state index contributed by atoms with van der Waals surface area (Å²) in [6.45, 7) is 2.10. The fourth-order valence-corrected chi connectivity index (χ4v) is 5.34. The van der Waals surface area contributed by atoms with Gasteiger partial charge in [-0.2, -0.15) is 26.3 Å². The number of halogens is 6. The Morgan fingerprint density at radius 2 is 1.52 bits per heavy atom. The number of carbonyl (C=O) groups is 4. The highest BCUT2D eigenvalue weighted by atomic mass is 32.1. The van der Waals surface area contributed by atoms with Crippen molar-refractivity contribution in [2.45, 2.75) is 63.3 Å². The lowest BCUT2D eigenvalue weighted by Gasteiger charge is -2.26. The van der Waals surface area contributed by atoms with Crippen molar-refractivity contribution in [3.05, 3.63) is 64.7 Å². The summed E-state index contributed by atoms with van der Waals surface area (Å²) < 4.78 is 63.1. The van der Waals surface area contributed by atoms with Crippen LogP contribution in [0.5, 0.6) is 0 Å². The van der Waals surface area contributed by atoms with E-state index >= 15 is 0 Å². The number of imidazole rings is 1. The summed E-state index contributed by atoms with van der Waals surface area (Å²) in [5.41, 5.74) is 2.12. The second kappa shape index (κ2) is 18.9. The largest absolute Gasteiger partial charge is 0.542 e. The van der Waals surface area contributed by atoms with Crippen molar-refractivity contribution >= 4 is 35.0 Å². The topological polar surface area (TPSA) is 161 Å². The Kier molecular flexibility index (Phi) is 15.7. The van der Waals surface area contributed by atoms with Crippen molar-refractivity contribution in [1.82, 2.24) is 10.3 Å². The van der Waals surface area contributed by atoms with E-state index in [1.54, 1.807) is 0 Å². The molecule has 4 rings (SSSR count). The number of unbranched alkanes of at least 4 members (excludes halogenated alkanes) is 2. The first-order chi connectivity index (χ1) is 22.5. The van der Waals surface area contributed by atoms with Crippen LogP contribution in [0.3, 0.4) is 0 Å². The van der Waals surface area contributed by atoms with E-state index in [4.69, 9.17) is 19.8 Å². The molecular formula is C31H36F6N4O6S. The Morgan fingerprint density at radius 1 is 0.938 bits per heavy atom. The predicted octanol–water partition coefficient (Wildman–Crippen LogP) is 2.07. The molecule has 1 amide bonds. The van der Waals surface area contributed by atoms with Crippen LogP contribution >= 0.6 is 11.3 Å². The van der Waals surface area contributed by atoms with E-state index in [1.807, 2.05) is 41.9 Å². The number of H-pyrrole nitrogens is 2. The molecule has 1 atom stereocenters. The van der Waals surface area contributed by atoms with Crippen LogP contribution in [0.4, 0.5) is 26.3 Å². The molecule has 1 saturated heterocycles. The maximum absolute atomic E-state index is 13.1. The molecule has 0 bridgehead atoms. The van der Waals surface area contributed by atoms with Crippen molar-refractivity contribution in [2.24, 2.45) is 5.92 Å². The van der Waals surface area contributed by atoms with E-state index in [0.29, 0.717) is 6.42 Å². The summed E-state index contributed by atoms with van der Waals surface area (Å²) >= 11 is 1.51. The molecule has 3 aromatic rings. The molecule has 4 N–H and O–H groups in total. The van der Waals surface area contributed by atoms with Gasteiger partial charge in [0.25, 0.3) is 5.82 Å². The van der Waals surface area contributed by atoms with Crippen LogP contribution in [0.15, 0.2) is 54.0 Å². The van der Waals surface area contributed by atoms with E-state index in [2.05, 4.69) is 34.5 Å². The minimum absolute atomic E-state index is 0.0926. The van der Waals surface area contributed by atoms with Gasteiger partial charge in [-0.05, 0) is 24.3 Å². The fourth-order valence-electron chi connectivity index (χ4n) is 4.65. The zero-order valence-electron chi connectivity index (χ0n) is 25.8. The Morgan fingerprint density at radius 3 is 2.04 bits per heavy atom. The number of Topliss-reactive ketones (excluding diaryl/α,β-unsaturated/α-hetero) is 1. The summed E-state index contributed by atoms with van der Waals surface area (Å²) in [5, 5.41) is 22.8. The first-order valence-electron chi connectivity index (χ1n) is 14.9. The van der Waals surface area contributed by atoms with E-state index in [-0.39, 0.29) is 23.7 Å². The average Bonchev–Trinajstić information content (AvgIpc) is 3.74. The Balaban J connectivity index is 0.000000479. The number of carboxylic acid groups (broad SMARTS) is 2. The number of nitrogens with one attached hydrogen (secondary N) is 4. The standard InChI is InChI=1S/C27H34N4O2S.2C2HF3O2/c1-31-16-14-21(15-17-31)27(33)30-22(11-6-3-7-12-24(32)25-13-8-18-34-25)26-28-19-23(29-26)20-9-4-2-5-10-20;2*3-2(4,5)1(6)7/h2,4-5,8-10,13,18-19,21-22H,3,6-7,11-12,14-17H2,1H3,(H,28,29)(H,30,33);2*(H,6,7)/t22-;;/m0../s1. The van der Waals surface area contributed by atoms with E-state index in [0.717, 1.165) is 73.6 Å². The normalized spacial score (nSPS) is 16.7. The molecule has 3 heterocycles.